The van der Waals surface area contributed by atoms with E-state index in [9.17, 15) is 4.39 Å². The van der Waals surface area contributed by atoms with Crippen LogP contribution in [0.25, 0.3) is 0 Å². The second-order valence-electron chi connectivity index (χ2n) is 5.27. The summed E-state index contributed by atoms with van der Waals surface area (Å²) in [7, 11) is 1.90. The van der Waals surface area contributed by atoms with Crippen molar-refractivity contribution >= 4 is 0 Å². The Morgan fingerprint density at radius 1 is 1.41 bits per heavy atom. The molecule has 0 atom stereocenters. The summed E-state index contributed by atoms with van der Waals surface area (Å²) in [5.41, 5.74) is 0.859. The van der Waals surface area contributed by atoms with Gasteiger partial charge in [0.05, 0.1) is 6.61 Å². The molecule has 17 heavy (non-hydrogen) atoms. The van der Waals surface area contributed by atoms with Gasteiger partial charge in [-0.15, -0.1) is 0 Å². The Balaban J connectivity index is 2.15. The molecule has 1 saturated carbocycles. The van der Waals surface area contributed by atoms with Gasteiger partial charge < -0.3 is 10.1 Å². The Bertz CT molecular complexity index is 399. The van der Waals surface area contributed by atoms with Gasteiger partial charge in [-0.25, -0.2) is 4.39 Å². The minimum atomic E-state index is -0.277. The van der Waals surface area contributed by atoms with Crippen LogP contribution >= 0.6 is 0 Å². The summed E-state index contributed by atoms with van der Waals surface area (Å²) in [6.07, 6.45) is 2.42. The topological polar surface area (TPSA) is 21.3 Å². The first-order chi connectivity index (χ1) is 8.03. The van der Waals surface area contributed by atoms with E-state index in [2.05, 4.69) is 19.2 Å². The summed E-state index contributed by atoms with van der Waals surface area (Å²) < 4.78 is 19.1. The van der Waals surface area contributed by atoms with Crippen molar-refractivity contribution in [1.29, 1.82) is 0 Å². The molecule has 1 N–H and O–H groups in total. The molecule has 1 fully saturated rings. The molecule has 1 aliphatic rings. The molecule has 0 bridgehead atoms. The van der Waals surface area contributed by atoms with Gasteiger partial charge in [0, 0.05) is 5.54 Å². The van der Waals surface area contributed by atoms with E-state index >= 15 is 0 Å². The van der Waals surface area contributed by atoms with Crippen LogP contribution in [-0.2, 0) is 5.54 Å². The van der Waals surface area contributed by atoms with E-state index in [4.69, 9.17) is 4.74 Å². The van der Waals surface area contributed by atoms with Crippen LogP contribution in [0.15, 0.2) is 18.2 Å². The second-order valence-corrected chi connectivity index (χ2v) is 5.27. The Morgan fingerprint density at radius 3 is 2.71 bits per heavy atom. The van der Waals surface area contributed by atoms with Crippen LogP contribution in [0, 0.1) is 11.7 Å². The third kappa shape index (κ3) is 2.97. The predicted molar refractivity (Wildman–Crippen MR) is 66.7 cm³/mol. The number of halogens is 1. The van der Waals surface area contributed by atoms with Crippen LogP contribution in [0.2, 0.25) is 0 Å². The lowest BCUT2D eigenvalue weighted by molar-refractivity contribution is 0.284. The van der Waals surface area contributed by atoms with Crippen molar-refractivity contribution in [3.8, 4) is 5.75 Å². The van der Waals surface area contributed by atoms with Crippen molar-refractivity contribution in [3.05, 3.63) is 29.6 Å². The number of nitrogens with one attached hydrogen (secondary N) is 1. The SMILES string of the molecule is CNC(C)(C)c1ccc(F)c(OCC2CC2)c1. The van der Waals surface area contributed by atoms with E-state index in [1.807, 2.05) is 7.05 Å². The average Bonchev–Trinajstić information content (AvgIpc) is 3.11. The van der Waals surface area contributed by atoms with E-state index in [0.29, 0.717) is 18.3 Å². The molecule has 0 aliphatic heterocycles. The van der Waals surface area contributed by atoms with Gasteiger partial charge in [-0.3, -0.25) is 0 Å². The third-order valence-electron chi connectivity index (χ3n) is 3.45. The molecule has 1 aliphatic carbocycles. The van der Waals surface area contributed by atoms with Gasteiger partial charge in [0.1, 0.15) is 0 Å². The number of ether oxygens (including phenoxy) is 1. The first kappa shape index (κ1) is 12.4. The average molecular weight is 237 g/mol. The molecule has 1 aromatic carbocycles. The highest BCUT2D eigenvalue weighted by Crippen LogP contribution is 2.31. The summed E-state index contributed by atoms with van der Waals surface area (Å²) in [4.78, 5) is 0. The number of benzene rings is 1. The third-order valence-corrected chi connectivity index (χ3v) is 3.45. The Morgan fingerprint density at radius 2 is 2.12 bits per heavy atom. The molecule has 0 heterocycles. The van der Waals surface area contributed by atoms with E-state index < -0.39 is 0 Å². The first-order valence-electron chi connectivity index (χ1n) is 6.14. The lowest BCUT2D eigenvalue weighted by Crippen LogP contribution is -2.33. The quantitative estimate of drug-likeness (QED) is 0.849. The van der Waals surface area contributed by atoms with Gasteiger partial charge in [-0.05, 0) is 57.4 Å². The van der Waals surface area contributed by atoms with Crippen LogP contribution in [0.5, 0.6) is 5.75 Å². The van der Waals surface area contributed by atoms with Gasteiger partial charge in [-0.2, -0.15) is 0 Å². The lowest BCUT2D eigenvalue weighted by Gasteiger charge is -2.25. The fourth-order valence-electron chi connectivity index (χ4n) is 1.64. The van der Waals surface area contributed by atoms with Crippen molar-refractivity contribution in [2.45, 2.75) is 32.2 Å². The molecule has 0 amide bonds. The van der Waals surface area contributed by atoms with Crippen molar-refractivity contribution in [2.24, 2.45) is 5.92 Å². The van der Waals surface area contributed by atoms with Gasteiger partial charge in [0.25, 0.3) is 0 Å². The monoisotopic (exact) mass is 237 g/mol. The molecule has 0 unspecified atom stereocenters. The molecule has 0 spiro atoms. The maximum absolute atomic E-state index is 13.6. The second kappa shape index (κ2) is 4.65. The minimum Gasteiger partial charge on any atom is -0.490 e. The summed E-state index contributed by atoms with van der Waals surface area (Å²) in [5.74, 6) is 0.731. The van der Waals surface area contributed by atoms with Crippen LogP contribution in [-0.4, -0.2) is 13.7 Å². The molecule has 2 rings (SSSR count). The standard InChI is InChI=1S/C14H20FNO/c1-14(2,16-3)11-6-7-12(15)13(8-11)17-9-10-4-5-10/h6-8,10,16H,4-5,9H2,1-3H3. The molecule has 0 radical (unpaired) electrons. The van der Waals surface area contributed by atoms with Crippen molar-refractivity contribution in [2.75, 3.05) is 13.7 Å². The van der Waals surface area contributed by atoms with Crippen LogP contribution in [0.3, 0.4) is 0 Å². The van der Waals surface area contributed by atoms with Gasteiger partial charge in [0.15, 0.2) is 11.6 Å². The molecule has 0 aromatic heterocycles. The largest absolute Gasteiger partial charge is 0.490 e. The minimum absolute atomic E-state index is 0.175. The Kier molecular flexibility index (Phi) is 3.38. The highest BCUT2D eigenvalue weighted by molar-refractivity contribution is 5.34. The van der Waals surface area contributed by atoms with Gasteiger partial charge in [0.2, 0.25) is 0 Å². The molecule has 2 nitrogen and oxygen atoms in total. The smallest absolute Gasteiger partial charge is 0.165 e. The zero-order valence-electron chi connectivity index (χ0n) is 10.7. The van der Waals surface area contributed by atoms with Crippen LogP contribution < -0.4 is 10.1 Å². The fourth-order valence-corrected chi connectivity index (χ4v) is 1.64. The van der Waals surface area contributed by atoms with Crippen molar-refractivity contribution in [1.82, 2.24) is 5.32 Å². The molecular formula is C14H20FNO. The summed E-state index contributed by atoms with van der Waals surface area (Å²) in [6, 6.07) is 5.08. The van der Waals surface area contributed by atoms with Crippen molar-refractivity contribution < 1.29 is 9.13 Å². The van der Waals surface area contributed by atoms with Gasteiger partial charge in [-0.1, -0.05) is 6.07 Å². The molecule has 0 saturated heterocycles. The first-order valence-corrected chi connectivity index (χ1v) is 6.14. The summed E-state index contributed by atoms with van der Waals surface area (Å²) in [5, 5.41) is 3.20. The fraction of sp³-hybridized carbons (Fsp3) is 0.571. The van der Waals surface area contributed by atoms with E-state index in [-0.39, 0.29) is 11.4 Å². The molecule has 1 aromatic rings. The predicted octanol–water partition coefficient (Wildman–Crippen LogP) is 3.07. The zero-order valence-corrected chi connectivity index (χ0v) is 10.7. The molecular weight excluding hydrogens is 217 g/mol. The maximum atomic E-state index is 13.6. The van der Waals surface area contributed by atoms with Crippen LogP contribution in [0.4, 0.5) is 4.39 Å². The molecule has 3 heteroatoms. The zero-order chi connectivity index (χ0) is 12.5. The number of hydrogen-bond donors (Lipinski definition) is 1. The highest BCUT2D eigenvalue weighted by Gasteiger charge is 2.23. The van der Waals surface area contributed by atoms with E-state index in [0.717, 1.165) is 5.56 Å². The summed E-state index contributed by atoms with van der Waals surface area (Å²) in [6.45, 7) is 4.76. The number of rotatable bonds is 5. The Labute approximate surface area is 102 Å². The van der Waals surface area contributed by atoms with Gasteiger partial charge >= 0.3 is 0 Å². The number of hydrogen-bond acceptors (Lipinski definition) is 2. The molecule has 94 valence electrons. The van der Waals surface area contributed by atoms with Crippen molar-refractivity contribution in [3.63, 3.8) is 0 Å². The highest BCUT2D eigenvalue weighted by atomic mass is 19.1. The van der Waals surface area contributed by atoms with Crippen LogP contribution in [0.1, 0.15) is 32.3 Å². The maximum Gasteiger partial charge on any atom is 0.165 e. The van der Waals surface area contributed by atoms with E-state index in [1.54, 1.807) is 12.1 Å². The summed E-state index contributed by atoms with van der Waals surface area (Å²) >= 11 is 0. The Hall–Kier alpha value is -1.09. The lowest BCUT2D eigenvalue weighted by atomic mass is 9.94. The normalized spacial score (nSPS) is 16.0. The van der Waals surface area contributed by atoms with E-state index in [1.165, 1.54) is 18.9 Å².